The minimum atomic E-state index is -0.0806. The molecule has 1 amide bonds. The van der Waals surface area contributed by atoms with Crippen LogP contribution in [-0.4, -0.2) is 22.5 Å². The summed E-state index contributed by atoms with van der Waals surface area (Å²) in [4.78, 5) is 16.0. The summed E-state index contributed by atoms with van der Waals surface area (Å²) < 4.78 is 5.36. The summed E-state index contributed by atoms with van der Waals surface area (Å²) >= 11 is 7.70. The summed E-state index contributed by atoms with van der Waals surface area (Å²) in [5, 5.41) is 6.64. The van der Waals surface area contributed by atoms with Crippen LogP contribution in [0.5, 0.6) is 0 Å². The average molecular weight is 359 g/mol. The molecule has 1 fully saturated rings. The third-order valence-corrected chi connectivity index (χ3v) is 5.43. The molecule has 0 aliphatic carbocycles. The highest BCUT2D eigenvalue weighted by atomic mass is 35.5. The van der Waals surface area contributed by atoms with Crippen molar-refractivity contribution in [3.8, 4) is 11.3 Å². The van der Waals surface area contributed by atoms with Crippen LogP contribution in [-0.2, 0) is 0 Å². The Morgan fingerprint density at radius 1 is 1.29 bits per heavy atom. The maximum Gasteiger partial charge on any atom is 0.276 e. The number of rotatable bonds is 3. The Hall–Kier alpha value is -2.11. The van der Waals surface area contributed by atoms with Gasteiger partial charge in [-0.3, -0.25) is 4.79 Å². The summed E-state index contributed by atoms with van der Waals surface area (Å²) in [5.41, 5.74) is 1.15. The summed E-state index contributed by atoms with van der Waals surface area (Å²) in [6.07, 6.45) is 2.00. The van der Waals surface area contributed by atoms with E-state index in [1.807, 2.05) is 28.5 Å². The highest BCUT2D eigenvalue weighted by Gasteiger charge is 2.32. The Labute approximate surface area is 148 Å². The van der Waals surface area contributed by atoms with Gasteiger partial charge < -0.3 is 9.42 Å². The molecule has 122 valence electrons. The Balaban J connectivity index is 1.59. The molecule has 1 aliphatic rings. The molecule has 1 atom stereocenters. The van der Waals surface area contributed by atoms with E-state index < -0.39 is 0 Å². The van der Waals surface area contributed by atoms with E-state index in [0.717, 1.165) is 24.9 Å². The van der Waals surface area contributed by atoms with E-state index in [9.17, 15) is 4.79 Å². The third kappa shape index (κ3) is 2.85. The summed E-state index contributed by atoms with van der Waals surface area (Å²) in [7, 11) is 0. The fourth-order valence-corrected chi connectivity index (χ4v) is 4.15. The first kappa shape index (κ1) is 15.4. The lowest BCUT2D eigenvalue weighted by Crippen LogP contribution is -2.30. The summed E-state index contributed by atoms with van der Waals surface area (Å²) in [6.45, 7) is 0.751. The van der Waals surface area contributed by atoms with Gasteiger partial charge in [0, 0.05) is 28.1 Å². The van der Waals surface area contributed by atoms with Gasteiger partial charge >= 0.3 is 0 Å². The van der Waals surface area contributed by atoms with Crippen LogP contribution in [0.15, 0.2) is 52.4 Å². The molecule has 24 heavy (non-hydrogen) atoms. The second-order valence-corrected chi connectivity index (χ2v) is 7.17. The van der Waals surface area contributed by atoms with Crippen molar-refractivity contribution in [2.45, 2.75) is 18.9 Å². The molecule has 3 aromatic rings. The second kappa shape index (κ2) is 6.42. The van der Waals surface area contributed by atoms with Crippen LogP contribution in [0.3, 0.4) is 0 Å². The summed E-state index contributed by atoms with van der Waals surface area (Å²) in [5.74, 6) is 0.468. The van der Waals surface area contributed by atoms with Crippen molar-refractivity contribution in [3.63, 3.8) is 0 Å². The molecule has 4 rings (SSSR count). The van der Waals surface area contributed by atoms with Crippen molar-refractivity contribution < 1.29 is 9.32 Å². The Morgan fingerprint density at radius 3 is 3.00 bits per heavy atom. The van der Waals surface area contributed by atoms with Gasteiger partial charge in [-0.25, -0.2) is 0 Å². The molecule has 0 spiro atoms. The fourth-order valence-electron chi connectivity index (χ4n) is 3.09. The molecule has 0 saturated carbocycles. The van der Waals surface area contributed by atoms with Crippen molar-refractivity contribution in [1.82, 2.24) is 10.1 Å². The lowest BCUT2D eigenvalue weighted by Gasteiger charge is -2.22. The number of hydrogen-bond donors (Lipinski definition) is 0. The van der Waals surface area contributed by atoms with Crippen molar-refractivity contribution >= 4 is 28.8 Å². The number of likely N-dealkylation sites (tertiary alicyclic amines) is 1. The number of carbonyl (C=O) groups is 1. The van der Waals surface area contributed by atoms with Gasteiger partial charge in [0.1, 0.15) is 0 Å². The van der Waals surface area contributed by atoms with E-state index in [1.54, 1.807) is 29.5 Å². The number of hydrogen-bond acceptors (Lipinski definition) is 4. The molecular weight excluding hydrogens is 344 g/mol. The largest absolute Gasteiger partial charge is 0.355 e. The summed E-state index contributed by atoms with van der Waals surface area (Å²) in [6, 6.07) is 13.3. The second-order valence-electron chi connectivity index (χ2n) is 5.76. The predicted molar refractivity (Wildman–Crippen MR) is 94.3 cm³/mol. The van der Waals surface area contributed by atoms with Crippen LogP contribution < -0.4 is 0 Å². The van der Waals surface area contributed by atoms with Gasteiger partial charge in [0.25, 0.3) is 5.91 Å². The molecule has 6 heteroatoms. The van der Waals surface area contributed by atoms with Crippen LogP contribution >= 0.6 is 22.9 Å². The minimum absolute atomic E-state index is 0.0806. The smallest absolute Gasteiger partial charge is 0.276 e. The minimum Gasteiger partial charge on any atom is -0.355 e. The molecule has 1 aliphatic heterocycles. The molecular formula is C18H15ClN2O2S. The van der Waals surface area contributed by atoms with Crippen molar-refractivity contribution in [3.05, 3.63) is 63.4 Å². The lowest BCUT2D eigenvalue weighted by atomic mass is 10.1. The number of amides is 1. The van der Waals surface area contributed by atoms with Gasteiger partial charge in [-0.05, 0) is 36.4 Å². The lowest BCUT2D eigenvalue weighted by molar-refractivity contribution is 0.0727. The molecule has 1 aromatic carbocycles. The highest BCUT2D eigenvalue weighted by Crippen LogP contribution is 2.35. The molecule has 0 radical (unpaired) electrons. The number of carbonyl (C=O) groups excluding carboxylic acids is 1. The van der Waals surface area contributed by atoms with Crippen LogP contribution in [0.2, 0.25) is 5.02 Å². The number of nitrogens with zero attached hydrogens (tertiary/aromatic N) is 2. The fraction of sp³-hybridized carbons (Fsp3) is 0.222. The molecule has 1 saturated heterocycles. The molecule has 2 aromatic heterocycles. The molecule has 0 bridgehead atoms. The quantitative estimate of drug-likeness (QED) is 0.659. The van der Waals surface area contributed by atoms with Crippen LogP contribution in [0.4, 0.5) is 0 Å². The zero-order chi connectivity index (χ0) is 16.5. The third-order valence-electron chi connectivity index (χ3n) is 4.22. The average Bonchev–Trinajstić information content (AvgIpc) is 3.33. The number of aromatic nitrogens is 1. The predicted octanol–water partition coefficient (Wildman–Crippen LogP) is 5.03. The van der Waals surface area contributed by atoms with Gasteiger partial charge in [-0.15, -0.1) is 11.3 Å². The Bertz CT molecular complexity index is 860. The Morgan fingerprint density at radius 2 is 2.21 bits per heavy atom. The Kier molecular flexibility index (Phi) is 4.12. The molecule has 3 heterocycles. The first-order chi connectivity index (χ1) is 11.7. The highest BCUT2D eigenvalue weighted by molar-refractivity contribution is 7.10. The SMILES string of the molecule is O=C(c1cc(-c2cccc(Cl)c2)on1)N1CCC[C@@H]1c1cccs1. The molecule has 4 nitrogen and oxygen atoms in total. The number of thiophene rings is 1. The van der Waals surface area contributed by atoms with E-state index in [-0.39, 0.29) is 11.9 Å². The number of benzene rings is 1. The van der Waals surface area contributed by atoms with Gasteiger partial charge in [0.15, 0.2) is 11.5 Å². The normalized spacial score (nSPS) is 17.4. The maximum atomic E-state index is 12.8. The zero-order valence-corrected chi connectivity index (χ0v) is 14.4. The van der Waals surface area contributed by atoms with Crippen molar-refractivity contribution in [2.24, 2.45) is 0 Å². The van der Waals surface area contributed by atoms with E-state index in [4.69, 9.17) is 16.1 Å². The zero-order valence-electron chi connectivity index (χ0n) is 12.8. The van der Waals surface area contributed by atoms with Gasteiger partial charge in [0.05, 0.1) is 6.04 Å². The van der Waals surface area contributed by atoms with E-state index >= 15 is 0 Å². The van der Waals surface area contributed by atoms with Crippen LogP contribution in [0, 0.1) is 0 Å². The van der Waals surface area contributed by atoms with E-state index in [2.05, 4.69) is 11.2 Å². The van der Waals surface area contributed by atoms with E-state index in [0.29, 0.717) is 16.5 Å². The molecule has 0 unspecified atom stereocenters. The van der Waals surface area contributed by atoms with Gasteiger partial charge in [-0.1, -0.05) is 35.0 Å². The first-order valence-electron chi connectivity index (χ1n) is 7.79. The first-order valence-corrected chi connectivity index (χ1v) is 9.05. The molecule has 0 N–H and O–H groups in total. The van der Waals surface area contributed by atoms with Crippen molar-refractivity contribution in [2.75, 3.05) is 6.54 Å². The maximum absolute atomic E-state index is 12.8. The van der Waals surface area contributed by atoms with E-state index in [1.165, 1.54) is 4.88 Å². The van der Waals surface area contributed by atoms with Crippen LogP contribution in [0.25, 0.3) is 11.3 Å². The van der Waals surface area contributed by atoms with Crippen molar-refractivity contribution in [1.29, 1.82) is 0 Å². The topological polar surface area (TPSA) is 46.3 Å². The van der Waals surface area contributed by atoms with Crippen LogP contribution in [0.1, 0.15) is 34.2 Å². The standard InChI is InChI=1S/C18H15ClN2O2S/c19-13-5-1-4-12(10-13)16-11-14(20-23-16)18(22)21-8-2-6-15(21)17-7-3-9-24-17/h1,3-5,7,9-11,15H,2,6,8H2/t15-/m1/s1. The van der Waals surface area contributed by atoms with Gasteiger partial charge in [0.2, 0.25) is 0 Å². The van der Waals surface area contributed by atoms with Gasteiger partial charge in [-0.2, -0.15) is 0 Å². The monoisotopic (exact) mass is 358 g/mol. The number of halogens is 1.